The van der Waals surface area contributed by atoms with E-state index in [9.17, 15) is 14.9 Å². The van der Waals surface area contributed by atoms with Gasteiger partial charge in [0.05, 0.1) is 16.6 Å². The van der Waals surface area contributed by atoms with Crippen LogP contribution in [-0.2, 0) is 9.63 Å². The summed E-state index contributed by atoms with van der Waals surface area (Å²) >= 11 is 0. The van der Waals surface area contributed by atoms with Gasteiger partial charge in [-0.1, -0.05) is 47.6 Å². The number of nitro groups is 1. The van der Waals surface area contributed by atoms with Gasteiger partial charge in [0, 0.05) is 17.7 Å². The molecule has 0 radical (unpaired) electrons. The van der Waals surface area contributed by atoms with Crippen molar-refractivity contribution < 1.29 is 14.6 Å². The maximum Gasteiger partial charge on any atom is 0.269 e. The van der Waals surface area contributed by atoms with Gasteiger partial charge in [-0.05, 0) is 12.5 Å². The van der Waals surface area contributed by atoms with E-state index in [0.29, 0.717) is 5.71 Å². The fraction of sp³-hybridized carbons (Fsp3) is 0.176. The van der Waals surface area contributed by atoms with Crippen molar-refractivity contribution >= 4 is 17.2 Å². The Morgan fingerprint density at radius 2 is 1.78 bits per heavy atom. The molecular weight excluding hydrogens is 296 g/mol. The average Bonchev–Trinajstić information content (AvgIpc) is 3.01. The van der Waals surface area contributed by atoms with E-state index < -0.39 is 11.0 Å². The van der Waals surface area contributed by atoms with Crippen molar-refractivity contribution in [3.05, 3.63) is 75.8 Å². The first kappa shape index (κ1) is 14.9. The monoisotopic (exact) mass is 310 g/mol. The standard InChI is InChI=1S/C17H14N2O4/c1-11(20)17-15(12-7-9-14(10-8-12)19(21)22)16(18-23-17)13-5-3-2-4-6-13/h2-10,15,17H,1H3/t15-,17+/m1/s1. The van der Waals surface area contributed by atoms with Gasteiger partial charge in [-0.3, -0.25) is 14.9 Å². The van der Waals surface area contributed by atoms with Crippen molar-refractivity contribution in [2.45, 2.75) is 18.9 Å². The van der Waals surface area contributed by atoms with Crippen molar-refractivity contribution in [1.29, 1.82) is 0 Å². The van der Waals surface area contributed by atoms with Gasteiger partial charge < -0.3 is 4.84 Å². The second-order valence-corrected chi connectivity index (χ2v) is 5.31. The van der Waals surface area contributed by atoms with Gasteiger partial charge in [-0.2, -0.15) is 0 Å². The lowest BCUT2D eigenvalue weighted by atomic mass is 9.85. The summed E-state index contributed by atoms with van der Waals surface area (Å²) in [7, 11) is 0. The Morgan fingerprint density at radius 1 is 1.13 bits per heavy atom. The molecule has 1 aliphatic heterocycles. The molecule has 0 unspecified atom stereocenters. The molecule has 2 atom stereocenters. The highest BCUT2D eigenvalue weighted by Crippen LogP contribution is 2.33. The predicted octanol–water partition coefficient (Wildman–Crippen LogP) is 3.07. The quantitative estimate of drug-likeness (QED) is 0.642. The lowest BCUT2D eigenvalue weighted by Gasteiger charge is -2.17. The lowest BCUT2D eigenvalue weighted by molar-refractivity contribution is -0.384. The van der Waals surface area contributed by atoms with E-state index in [1.54, 1.807) is 12.1 Å². The van der Waals surface area contributed by atoms with Gasteiger partial charge in [0.15, 0.2) is 11.9 Å². The summed E-state index contributed by atoms with van der Waals surface area (Å²) in [5, 5.41) is 14.9. The highest BCUT2D eigenvalue weighted by molar-refractivity contribution is 6.09. The molecule has 0 fully saturated rings. The molecule has 6 heteroatoms. The number of carbonyl (C=O) groups excluding carboxylic acids is 1. The summed E-state index contributed by atoms with van der Waals surface area (Å²) < 4.78 is 0. The second-order valence-electron chi connectivity index (χ2n) is 5.31. The summed E-state index contributed by atoms with van der Waals surface area (Å²) in [5.74, 6) is -0.515. The van der Waals surface area contributed by atoms with E-state index in [1.807, 2.05) is 30.3 Å². The Hall–Kier alpha value is -3.02. The van der Waals surface area contributed by atoms with Gasteiger partial charge >= 0.3 is 0 Å². The zero-order valence-corrected chi connectivity index (χ0v) is 12.4. The number of carbonyl (C=O) groups is 1. The van der Waals surface area contributed by atoms with Crippen LogP contribution in [0.3, 0.4) is 0 Å². The second kappa shape index (κ2) is 6.00. The molecular formula is C17H14N2O4. The average molecular weight is 310 g/mol. The minimum Gasteiger partial charge on any atom is -0.383 e. The number of nitro benzene ring substituents is 1. The maximum atomic E-state index is 11.9. The predicted molar refractivity (Wildman–Crippen MR) is 84.4 cm³/mol. The Bertz CT molecular complexity index is 769. The number of hydrogen-bond acceptors (Lipinski definition) is 5. The first-order valence-corrected chi connectivity index (χ1v) is 7.12. The fourth-order valence-electron chi connectivity index (χ4n) is 2.66. The minimum atomic E-state index is -0.716. The van der Waals surface area contributed by atoms with Gasteiger partial charge in [0.1, 0.15) is 0 Å². The summed E-state index contributed by atoms with van der Waals surface area (Å²) in [6.07, 6.45) is -0.716. The maximum absolute atomic E-state index is 11.9. The highest BCUT2D eigenvalue weighted by Gasteiger charge is 2.39. The summed E-state index contributed by atoms with van der Waals surface area (Å²) in [4.78, 5) is 27.5. The highest BCUT2D eigenvalue weighted by atomic mass is 16.6. The fourth-order valence-corrected chi connectivity index (χ4v) is 2.66. The Morgan fingerprint density at radius 3 is 2.35 bits per heavy atom. The molecule has 0 aromatic heterocycles. The number of non-ortho nitro benzene ring substituents is 1. The van der Waals surface area contributed by atoms with Crippen LogP contribution in [-0.4, -0.2) is 22.5 Å². The molecule has 0 saturated carbocycles. The number of Topliss-reactive ketones (excluding diaryl/α,β-unsaturated/α-hetero) is 1. The Kier molecular flexibility index (Phi) is 3.89. The first-order chi connectivity index (χ1) is 11.1. The third-order valence-corrected chi connectivity index (χ3v) is 3.80. The van der Waals surface area contributed by atoms with Gasteiger partial charge in [-0.15, -0.1) is 0 Å². The Labute approximate surface area is 132 Å². The van der Waals surface area contributed by atoms with Crippen LogP contribution in [0.1, 0.15) is 24.0 Å². The van der Waals surface area contributed by atoms with Crippen LogP contribution in [0, 0.1) is 10.1 Å². The van der Waals surface area contributed by atoms with Crippen LogP contribution in [0.4, 0.5) is 5.69 Å². The summed E-state index contributed by atoms with van der Waals surface area (Å²) in [6.45, 7) is 1.45. The number of nitrogens with zero attached hydrogens (tertiary/aromatic N) is 2. The number of rotatable bonds is 4. The Balaban J connectivity index is 2.01. The van der Waals surface area contributed by atoms with Crippen molar-refractivity contribution in [2.75, 3.05) is 0 Å². The van der Waals surface area contributed by atoms with Crippen LogP contribution in [0.5, 0.6) is 0 Å². The van der Waals surface area contributed by atoms with Crippen molar-refractivity contribution in [3.63, 3.8) is 0 Å². The molecule has 0 aliphatic carbocycles. The minimum absolute atomic E-state index is 0.00485. The molecule has 2 aromatic rings. The van der Waals surface area contributed by atoms with E-state index in [-0.39, 0.29) is 17.4 Å². The zero-order valence-electron chi connectivity index (χ0n) is 12.4. The zero-order chi connectivity index (χ0) is 16.4. The van der Waals surface area contributed by atoms with Crippen LogP contribution in [0.15, 0.2) is 59.8 Å². The number of oxime groups is 1. The normalized spacial score (nSPS) is 19.8. The van der Waals surface area contributed by atoms with E-state index in [0.717, 1.165) is 11.1 Å². The van der Waals surface area contributed by atoms with Crippen LogP contribution in [0.2, 0.25) is 0 Å². The van der Waals surface area contributed by atoms with Crippen LogP contribution < -0.4 is 0 Å². The van der Waals surface area contributed by atoms with E-state index in [1.165, 1.54) is 19.1 Å². The van der Waals surface area contributed by atoms with Gasteiger partial charge in [-0.25, -0.2) is 0 Å². The van der Waals surface area contributed by atoms with Crippen molar-refractivity contribution in [1.82, 2.24) is 0 Å². The van der Waals surface area contributed by atoms with E-state index in [4.69, 9.17) is 4.84 Å². The molecule has 2 aromatic carbocycles. The van der Waals surface area contributed by atoms with E-state index >= 15 is 0 Å². The largest absolute Gasteiger partial charge is 0.383 e. The SMILES string of the molecule is CC(=O)[C@@H]1ON=C(c2ccccc2)[C@H]1c1ccc([N+](=O)[O-])cc1. The molecule has 1 aliphatic rings. The first-order valence-electron chi connectivity index (χ1n) is 7.12. The molecule has 0 N–H and O–H groups in total. The number of hydrogen-bond donors (Lipinski definition) is 0. The van der Waals surface area contributed by atoms with Crippen molar-refractivity contribution in [3.8, 4) is 0 Å². The molecule has 3 rings (SSSR count). The topological polar surface area (TPSA) is 81.8 Å². The summed E-state index contributed by atoms with van der Waals surface area (Å²) in [6, 6.07) is 15.6. The molecule has 0 spiro atoms. The van der Waals surface area contributed by atoms with E-state index in [2.05, 4.69) is 5.16 Å². The number of ketones is 1. The molecule has 0 saturated heterocycles. The molecule has 0 amide bonds. The number of benzene rings is 2. The van der Waals surface area contributed by atoms with Crippen molar-refractivity contribution in [2.24, 2.45) is 5.16 Å². The molecule has 6 nitrogen and oxygen atoms in total. The van der Waals surface area contributed by atoms with Crippen LogP contribution in [0.25, 0.3) is 0 Å². The van der Waals surface area contributed by atoms with Gasteiger partial charge in [0.25, 0.3) is 5.69 Å². The van der Waals surface area contributed by atoms with Crippen LogP contribution >= 0.6 is 0 Å². The molecule has 23 heavy (non-hydrogen) atoms. The lowest BCUT2D eigenvalue weighted by Crippen LogP contribution is -2.28. The smallest absolute Gasteiger partial charge is 0.269 e. The third-order valence-electron chi connectivity index (χ3n) is 3.80. The van der Waals surface area contributed by atoms with Gasteiger partial charge in [0.2, 0.25) is 0 Å². The molecule has 0 bridgehead atoms. The molecule has 1 heterocycles. The molecule has 116 valence electrons. The third kappa shape index (κ3) is 2.83. The summed E-state index contributed by atoms with van der Waals surface area (Å²) in [5.41, 5.74) is 2.28.